The molecule has 2 rings (SSSR count). The maximum atomic E-state index is 8.88. The van der Waals surface area contributed by atoms with Crippen LogP contribution in [0.3, 0.4) is 0 Å². The molecule has 2 aromatic rings. The zero-order chi connectivity index (χ0) is 12.4. The van der Waals surface area contributed by atoms with Gasteiger partial charge in [0.1, 0.15) is 11.8 Å². The Labute approximate surface area is 99.4 Å². The van der Waals surface area contributed by atoms with Gasteiger partial charge in [0, 0.05) is 11.5 Å². The van der Waals surface area contributed by atoms with E-state index in [4.69, 9.17) is 14.7 Å². The van der Waals surface area contributed by atoms with Gasteiger partial charge < -0.3 is 9.47 Å². The van der Waals surface area contributed by atoms with Crippen LogP contribution in [0.4, 0.5) is 0 Å². The van der Waals surface area contributed by atoms with Gasteiger partial charge in [-0.2, -0.15) is 5.26 Å². The van der Waals surface area contributed by atoms with E-state index in [0.717, 1.165) is 16.5 Å². The highest BCUT2D eigenvalue weighted by molar-refractivity contribution is 5.86. The predicted molar refractivity (Wildman–Crippen MR) is 64.3 cm³/mol. The van der Waals surface area contributed by atoms with E-state index in [1.807, 2.05) is 19.1 Å². The number of nitrogens with zero attached hydrogens (tertiary/aromatic N) is 2. The van der Waals surface area contributed by atoms with Crippen molar-refractivity contribution in [1.82, 2.24) is 4.98 Å². The molecule has 0 radical (unpaired) electrons. The molecule has 0 aliphatic carbocycles. The predicted octanol–water partition coefficient (Wildman–Crippen LogP) is 2.43. The zero-order valence-electron chi connectivity index (χ0n) is 9.94. The highest BCUT2D eigenvalue weighted by Gasteiger charge is 2.09. The Balaban J connectivity index is 2.79. The van der Waals surface area contributed by atoms with Gasteiger partial charge in [0.2, 0.25) is 0 Å². The summed E-state index contributed by atoms with van der Waals surface area (Å²) in [5.41, 5.74) is 2.13. The molecule has 0 amide bonds. The third-order valence-corrected chi connectivity index (χ3v) is 2.64. The zero-order valence-corrected chi connectivity index (χ0v) is 9.94. The second-order valence-corrected chi connectivity index (χ2v) is 3.66. The first-order valence-corrected chi connectivity index (χ1v) is 5.13. The summed E-state index contributed by atoms with van der Waals surface area (Å²) >= 11 is 0. The third kappa shape index (κ3) is 1.87. The average molecular weight is 228 g/mol. The lowest BCUT2D eigenvalue weighted by Gasteiger charge is -2.10. The monoisotopic (exact) mass is 228 g/mol. The molecular formula is C13H12N2O2. The molecule has 1 heterocycles. The number of benzene rings is 1. The van der Waals surface area contributed by atoms with Crippen LogP contribution in [0, 0.1) is 18.3 Å². The molecule has 1 aromatic carbocycles. The summed E-state index contributed by atoms with van der Waals surface area (Å²) < 4.78 is 10.4. The molecule has 0 unspecified atom stereocenters. The SMILES string of the molecule is COc1cc2nc(C#N)cc(C)c2cc1OC. The van der Waals surface area contributed by atoms with Gasteiger partial charge in [0.25, 0.3) is 0 Å². The van der Waals surface area contributed by atoms with Gasteiger partial charge in [-0.1, -0.05) is 0 Å². The molecule has 0 N–H and O–H groups in total. The summed E-state index contributed by atoms with van der Waals surface area (Å²) in [6, 6.07) is 7.45. The molecule has 0 atom stereocenters. The van der Waals surface area contributed by atoms with Crippen LogP contribution in [-0.4, -0.2) is 19.2 Å². The first-order valence-electron chi connectivity index (χ1n) is 5.13. The second-order valence-electron chi connectivity index (χ2n) is 3.66. The van der Waals surface area contributed by atoms with E-state index in [9.17, 15) is 0 Å². The van der Waals surface area contributed by atoms with Crippen molar-refractivity contribution in [3.63, 3.8) is 0 Å². The number of pyridine rings is 1. The Morgan fingerprint density at radius 2 is 1.76 bits per heavy atom. The largest absolute Gasteiger partial charge is 0.493 e. The summed E-state index contributed by atoms with van der Waals surface area (Å²) in [5, 5.41) is 9.84. The second kappa shape index (κ2) is 4.30. The van der Waals surface area contributed by atoms with Crippen molar-refractivity contribution < 1.29 is 9.47 Å². The van der Waals surface area contributed by atoms with Crippen molar-refractivity contribution in [2.24, 2.45) is 0 Å². The number of ether oxygens (including phenoxy) is 2. The minimum absolute atomic E-state index is 0.405. The number of methoxy groups -OCH3 is 2. The number of aryl methyl sites for hydroxylation is 1. The molecule has 0 bridgehead atoms. The van der Waals surface area contributed by atoms with E-state index < -0.39 is 0 Å². The minimum Gasteiger partial charge on any atom is -0.493 e. The van der Waals surface area contributed by atoms with Crippen LogP contribution in [-0.2, 0) is 0 Å². The molecular weight excluding hydrogens is 216 g/mol. The average Bonchev–Trinajstić information content (AvgIpc) is 2.36. The number of fused-ring (bicyclic) bond motifs is 1. The maximum absolute atomic E-state index is 8.88. The molecule has 0 aliphatic rings. The normalized spacial score (nSPS) is 10.0. The van der Waals surface area contributed by atoms with Crippen LogP contribution >= 0.6 is 0 Å². The molecule has 0 saturated heterocycles. The van der Waals surface area contributed by atoms with Crippen molar-refractivity contribution >= 4 is 10.9 Å². The van der Waals surface area contributed by atoms with Crippen LogP contribution in [0.1, 0.15) is 11.3 Å². The maximum Gasteiger partial charge on any atom is 0.162 e. The lowest BCUT2D eigenvalue weighted by atomic mass is 10.1. The Hall–Kier alpha value is -2.28. The molecule has 0 saturated carbocycles. The van der Waals surface area contributed by atoms with Crippen molar-refractivity contribution in [1.29, 1.82) is 5.26 Å². The van der Waals surface area contributed by atoms with E-state index in [1.165, 1.54) is 0 Å². The third-order valence-electron chi connectivity index (χ3n) is 2.64. The van der Waals surface area contributed by atoms with E-state index in [1.54, 1.807) is 26.4 Å². The minimum atomic E-state index is 0.405. The van der Waals surface area contributed by atoms with E-state index in [-0.39, 0.29) is 0 Å². The summed E-state index contributed by atoms with van der Waals surface area (Å²) in [4.78, 5) is 4.24. The van der Waals surface area contributed by atoms with Gasteiger partial charge >= 0.3 is 0 Å². The molecule has 0 spiro atoms. The fourth-order valence-electron chi connectivity index (χ4n) is 1.78. The fourth-order valence-corrected chi connectivity index (χ4v) is 1.78. The van der Waals surface area contributed by atoms with E-state index >= 15 is 0 Å². The van der Waals surface area contributed by atoms with Crippen molar-refractivity contribution in [3.05, 3.63) is 29.5 Å². The Morgan fingerprint density at radius 1 is 1.12 bits per heavy atom. The Bertz CT molecular complexity index is 615. The Kier molecular flexibility index (Phi) is 2.84. The van der Waals surface area contributed by atoms with Gasteiger partial charge in [0.15, 0.2) is 11.5 Å². The van der Waals surface area contributed by atoms with Gasteiger partial charge in [-0.05, 0) is 24.6 Å². The number of nitriles is 1. The molecule has 86 valence electrons. The summed E-state index contributed by atoms with van der Waals surface area (Å²) in [7, 11) is 3.17. The van der Waals surface area contributed by atoms with E-state index in [2.05, 4.69) is 4.98 Å². The number of aromatic nitrogens is 1. The molecule has 0 aliphatic heterocycles. The van der Waals surface area contributed by atoms with Gasteiger partial charge in [0.05, 0.1) is 19.7 Å². The first kappa shape index (κ1) is 11.2. The number of hydrogen-bond acceptors (Lipinski definition) is 4. The fraction of sp³-hybridized carbons (Fsp3) is 0.231. The number of hydrogen-bond donors (Lipinski definition) is 0. The van der Waals surface area contributed by atoms with Crippen LogP contribution in [0.5, 0.6) is 11.5 Å². The summed E-state index contributed by atoms with van der Waals surface area (Å²) in [6.07, 6.45) is 0. The standard InChI is InChI=1S/C13H12N2O2/c1-8-4-9(7-14)15-11-6-13(17-3)12(16-2)5-10(8)11/h4-6H,1-3H3. The van der Waals surface area contributed by atoms with Crippen LogP contribution in [0.15, 0.2) is 18.2 Å². The van der Waals surface area contributed by atoms with Crippen molar-refractivity contribution in [3.8, 4) is 17.6 Å². The van der Waals surface area contributed by atoms with Crippen LogP contribution in [0.2, 0.25) is 0 Å². The van der Waals surface area contributed by atoms with Crippen molar-refractivity contribution in [2.75, 3.05) is 14.2 Å². The Morgan fingerprint density at radius 3 is 2.35 bits per heavy atom. The smallest absolute Gasteiger partial charge is 0.162 e. The highest BCUT2D eigenvalue weighted by atomic mass is 16.5. The molecule has 4 nitrogen and oxygen atoms in total. The van der Waals surface area contributed by atoms with E-state index in [0.29, 0.717) is 17.2 Å². The molecule has 1 aromatic heterocycles. The number of rotatable bonds is 2. The lowest BCUT2D eigenvalue weighted by molar-refractivity contribution is 0.356. The molecule has 4 heteroatoms. The first-order chi connectivity index (χ1) is 8.19. The topological polar surface area (TPSA) is 55.1 Å². The quantitative estimate of drug-likeness (QED) is 0.792. The summed E-state index contributed by atoms with van der Waals surface area (Å²) in [5.74, 6) is 1.27. The van der Waals surface area contributed by atoms with Gasteiger partial charge in [-0.3, -0.25) is 0 Å². The highest BCUT2D eigenvalue weighted by Crippen LogP contribution is 2.32. The summed E-state index contributed by atoms with van der Waals surface area (Å²) in [6.45, 7) is 1.94. The molecule has 17 heavy (non-hydrogen) atoms. The van der Waals surface area contributed by atoms with Gasteiger partial charge in [-0.15, -0.1) is 0 Å². The van der Waals surface area contributed by atoms with Crippen LogP contribution in [0.25, 0.3) is 10.9 Å². The lowest BCUT2D eigenvalue weighted by Crippen LogP contribution is -1.94. The van der Waals surface area contributed by atoms with Crippen LogP contribution < -0.4 is 9.47 Å². The van der Waals surface area contributed by atoms with Crippen molar-refractivity contribution in [2.45, 2.75) is 6.92 Å². The van der Waals surface area contributed by atoms with Gasteiger partial charge in [-0.25, -0.2) is 4.98 Å². The molecule has 0 fully saturated rings.